The van der Waals surface area contributed by atoms with E-state index in [1.807, 2.05) is 13.0 Å². The summed E-state index contributed by atoms with van der Waals surface area (Å²) < 4.78 is 18.1. The molecular weight excluding hydrogens is 273 g/mol. The molecule has 0 radical (unpaired) electrons. The predicted molar refractivity (Wildman–Crippen MR) is 80.7 cm³/mol. The molecule has 0 aromatic heterocycles. The highest BCUT2D eigenvalue weighted by molar-refractivity contribution is 5.80. The fraction of sp³-hybridized carbons (Fsp3) is 0.467. The van der Waals surface area contributed by atoms with Gasteiger partial charge in [0.1, 0.15) is 5.82 Å². The number of ether oxygens (including phenoxy) is 1. The van der Waals surface area contributed by atoms with Crippen LogP contribution in [0.25, 0.3) is 0 Å². The van der Waals surface area contributed by atoms with Crippen LogP contribution in [-0.4, -0.2) is 32.6 Å². The summed E-state index contributed by atoms with van der Waals surface area (Å²) in [5, 5.41) is 6.15. The minimum absolute atomic E-state index is 0.107. The van der Waals surface area contributed by atoms with Gasteiger partial charge in [0, 0.05) is 13.6 Å². The van der Waals surface area contributed by atoms with Gasteiger partial charge in [-0.15, -0.1) is 0 Å². The zero-order valence-electron chi connectivity index (χ0n) is 12.9. The van der Waals surface area contributed by atoms with E-state index in [1.54, 1.807) is 20.0 Å². The number of benzene rings is 1. The van der Waals surface area contributed by atoms with E-state index in [1.165, 1.54) is 13.2 Å². The molecule has 5 nitrogen and oxygen atoms in total. The minimum Gasteiger partial charge on any atom is -0.469 e. The van der Waals surface area contributed by atoms with Crippen molar-refractivity contribution in [3.05, 3.63) is 35.1 Å². The lowest BCUT2D eigenvalue weighted by Gasteiger charge is -2.18. The molecule has 0 aliphatic heterocycles. The number of rotatable bonds is 5. The summed E-state index contributed by atoms with van der Waals surface area (Å²) in [6, 6.07) is 5.02. The van der Waals surface area contributed by atoms with Crippen LogP contribution in [0.5, 0.6) is 0 Å². The fourth-order valence-electron chi connectivity index (χ4n) is 1.75. The van der Waals surface area contributed by atoms with Crippen molar-refractivity contribution < 1.29 is 13.9 Å². The molecule has 116 valence electrons. The summed E-state index contributed by atoms with van der Waals surface area (Å²) >= 11 is 0. The number of carbonyl (C=O) groups excluding carboxylic acids is 1. The zero-order valence-corrected chi connectivity index (χ0v) is 12.9. The Balaban J connectivity index is 2.56. The zero-order chi connectivity index (χ0) is 15.8. The molecule has 2 N–H and O–H groups in total. The molecule has 1 atom stereocenters. The second kappa shape index (κ2) is 8.24. The second-order valence-electron chi connectivity index (χ2n) is 4.70. The van der Waals surface area contributed by atoms with Crippen molar-refractivity contribution in [2.45, 2.75) is 26.3 Å². The smallest absolute Gasteiger partial charge is 0.307 e. The molecule has 6 heteroatoms. The van der Waals surface area contributed by atoms with Gasteiger partial charge in [0.2, 0.25) is 0 Å². The van der Waals surface area contributed by atoms with Gasteiger partial charge in [0.15, 0.2) is 5.96 Å². The Bertz CT molecular complexity index is 518. The highest BCUT2D eigenvalue weighted by Crippen LogP contribution is 2.16. The van der Waals surface area contributed by atoms with E-state index in [0.29, 0.717) is 18.1 Å². The topological polar surface area (TPSA) is 62.7 Å². The third-order valence-electron chi connectivity index (χ3n) is 3.12. The number of hydrogen-bond acceptors (Lipinski definition) is 3. The molecule has 0 aliphatic carbocycles. The summed E-state index contributed by atoms with van der Waals surface area (Å²) in [7, 11) is 2.99. The van der Waals surface area contributed by atoms with Gasteiger partial charge >= 0.3 is 5.97 Å². The number of aliphatic imine (C=N–C) groups is 1. The Morgan fingerprint density at radius 3 is 2.76 bits per heavy atom. The highest BCUT2D eigenvalue weighted by Gasteiger charge is 2.10. The van der Waals surface area contributed by atoms with Crippen LogP contribution < -0.4 is 10.6 Å². The van der Waals surface area contributed by atoms with Gasteiger partial charge in [0.05, 0.1) is 19.6 Å². The Morgan fingerprint density at radius 1 is 1.48 bits per heavy atom. The molecule has 0 spiro atoms. The Kier molecular flexibility index (Phi) is 6.65. The molecule has 1 unspecified atom stereocenters. The molecule has 1 rings (SSSR count). The maximum absolute atomic E-state index is 13.6. The first kappa shape index (κ1) is 16.9. The van der Waals surface area contributed by atoms with Gasteiger partial charge in [-0.2, -0.15) is 0 Å². The first-order valence-corrected chi connectivity index (χ1v) is 6.78. The molecule has 0 aliphatic rings. The number of methoxy groups -OCH3 is 1. The standard InChI is InChI=1S/C15H22FN3O2/c1-10-5-6-12(9-13(10)16)11(2)19-15(17-3)18-8-7-14(20)21-4/h5-6,9,11H,7-8H2,1-4H3,(H2,17,18,19). The van der Waals surface area contributed by atoms with Crippen molar-refractivity contribution in [2.75, 3.05) is 20.7 Å². The SMILES string of the molecule is CN=C(NCCC(=O)OC)NC(C)c1ccc(C)c(F)c1. The Morgan fingerprint density at radius 2 is 2.19 bits per heavy atom. The number of halogens is 1. The molecule has 0 bridgehead atoms. The summed E-state index contributed by atoms with van der Waals surface area (Å²) in [5.41, 5.74) is 1.44. The molecule has 21 heavy (non-hydrogen) atoms. The summed E-state index contributed by atoms with van der Waals surface area (Å²) in [6.07, 6.45) is 0.255. The summed E-state index contributed by atoms with van der Waals surface area (Å²) in [5.74, 6) is 0.0359. The predicted octanol–water partition coefficient (Wildman–Crippen LogP) is 1.92. The van der Waals surface area contributed by atoms with Crippen LogP contribution in [0.2, 0.25) is 0 Å². The summed E-state index contributed by atoms with van der Waals surface area (Å²) in [4.78, 5) is 15.1. The quantitative estimate of drug-likeness (QED) is 0.495. The van der Waals surface area contributed by atoms with Gasteiger partial charge in [-0.25, -0.2) is 4.39 Å². The van der Waals surface area contributed by atoms with Gasteiger partial charge in [0.25, 0.3) is 0 Å². The lowest BCUT2D eigenvalue weighted by Crippen LogP contribution is -2.39. The van der Waals surface area contributed by atoms with E-state index in [2.05, 4.69) is 20.4 Å². The fourth-order valence-corrected chi connectivity index (χ4v) is 1.75. The van der Waals surface area contributed by atoms with Crippen molar-refractivity contribution in [2.24, 2.45) is 4.99 Å². The first-order chi connectivity index (χ1) is 9.97. The number of esters is 1. The van der Waals surface area contributed by atoms with Crippen LogP contribution in [0.4, 0.5) is 4.39 Å². The van der Waals surface area contributed by atoms with Crippen LogP contribution in [0.15, 0.2) is 23.2 Å². The lowest BCUT2D eigenvalue weighted by atomic mass is 10.1. The number of guanidine groups is 1. The molecule has 0 saturated carbocycles. The third kappa shape index (κ3) is 5.41. The van der Waals surface area contributed by atoms with E-state index in [0.717, 1.165) is 5.56 Å². The van der Waals surface area contributed by atoms with Crippen molar-refractivity contribution in [3.8, 4) is 0 Å². The van der Waals surface area contributed by atoms with Gasteiger partial charge in [-0.05, 0) is 31.0 Å². The largest absolute Gasteiger partial charge is 0.469 e. The van der Waals surface area contributed by atoms with Crippen molar-refractivity contribution in [1.29, 1.82) is 0 Å². The van der Waals surface area contributed by atoms with E-state index in [-0.39, 0.29) is 24.2 Å². The van der Waals surface area contributed by atoms with Crippen LogP contribution in [0.1, 0.15) is 30.5 Å². The van der Waals surface area contributed by atoms with E-state index in [4.69, 9.17) is 0 Å². The molecule has 1 aromatic carbocycles. The monoisotopic (exact) mass is 295 g/mol. The van der Waals surface area contributed by atoms with Gasteiger partial charge in [-0.3, -0.25) is 9.79 Å². The number of hydrogen-bond donors (Lipinski definition) is 2. The van der Waals surface area contributed by atoms with E-state index in [9.17, 15) is 9.18 Å². The lowest BCUT2D eigenvalue weighted by molar-refractivity contribution is -0.140. The number of aryl methyl sites for hydroxylation is 1. The molecule has 1 aromatic rings. The minimum atomic E-state index is -0.286. The summed E-state index contributed by atoms with van der Waals surface area (Å²) in [6.45, 7) is 4.06. The normalized spacial score (nSPS) is 12.7. The Labute approximate surface area is 124 Å². The average Bonchev–Trinajstić information content (AvgIpc) is 2.48. The van der Waals surface area contributed by atoms with Crippen LogP contribution >= 0.6 is 0 Å². The van der Waals surface area contributed by atoms with Gasteiger partial charge in [-0.1, -0.05) is 12.1 Å². The van der Waals surface area contributed by atoms with Crippen molar-refractivity contribution in [3.63, 3.8) is 0 Å². The molecule has 0 fully saturated rings. The maximum Gasteiger partial charge on any atom is 0.307 e. The average molecular weight is 295 g/mol. The molecule has 0 amide bonds. The number of nitrogens with one attached hydrogen (secondary N) is 2. The Hall–Kier alpha value is -2.11. The van der Waals surface area contributed by atoms with Crippen LogP contribution in [0, 0.1) is 12.7 Å². The number of nitrogens with zero attached hydrogens (tertiary/aromatic N) is 1. The first-order valence-electron chi connectivity index (χ1n) is 6.78. The van der Waals surface area contributed by atoms with Gasteiger partial charge < -0.3 is 15.4 Å². The molecule has 0 saturated heterocycles. The van der Waals surface area contributed by atoms with Crippen LogP contribution in [0.3, 0.4) is 0 Å². The number of carbonyl (C=O) groups is 1. The maximum atomic E-state index is 13.6. The molecule has 0 heterocycles. The van der Waals surface area contributed by atoms with Crippen molar-refractivity contribution in [1.82, 2.24) is 10.6 Å². The third-order valence-corrected chi connectivity index (χ3v) is 3.12. The highest BCUT2D eigenvalue weighted by atomic mass is 19.1. The van der Waals surface area contributed by atoms with Crippen molar-refractivity contribution >= 4 is 11.9 Å². The van der Waals surface area contributed by atoms with E-state index < -0.39 is 0 Å². The second-order valence-corrected chi connectivity index (χ2v) is 4.70. The molecular formula is C15H22FN3O2. The van der Waals surface area contributed by atoms with E-state index >= 15 is 0 Å². The van der Waals surface area contributed by atoms with Crippen LogP contribution in [-0.2, 0) is 9.53 Å².